The summed E-state index contributed by atoms with van der Waals surface area (Å²) < 4.78 is 0. The van der Waals surface area contributed by atoms with E-state index in [1.165, 1.54) is 5.56 Å². The predicted octanol–water partition coefficient (Wildman–Crippen LogP) is 3.93. The molecule has 0 fully saturated rings. The van der Waals surface area contributed by atoms with Gasteiger partial charge in [-0.15, -0.1) is 0 Å². The number of rotatable bonds is 4. The van der Waals surface area contributed by atoms with Crippen molar-refractivity contribution < 1.29 is 0 Å². The molecule has 0 spiro atoms. The highest BCUT2D eigenvalue weighted by molar-refractivity contribution is 6.30. The van der Waals surface area contributed by atoms with Crippen molar-refractivity contribution >= 4 is 11.6 Å². The lowest BCUT2D eigenvalue weighted by atomic mass is 10.1. The van der Waals surface area contributed by atoms with Crippen molar-refractivity contribution in [3.63, 3.8) is 0 Å². The second kappa shape index (κ2) is 5.98. The Morgan fingerprint density at radius 2 is 1.89 bits per heavy atom. The van der Waals surface area contributed by atoms with Crippen LogP contribution in [0.25, 0.3) is 0 Å². The van der Waals surface area contributed by atoms with Gasteiger partial charge in [-0.2, -0.15) is 0 Å². The predicted molar refractivity (Wildman–Crippen MR) is 75.6 cm³/mol. The van der Waals surface area contributed by atoms with Crippen molar-refractivity contribution in [1.82, 2.24) is 9.88 Å². The van der Waals surface area contributed by atoms with E-state index in [0.717, 1.165) is 17.3 Å². The monoisotopic (exact) mass is 260 g/mol. The van der Waals surface area contributed by atoms with E-state index < -0.39 is 0 Å². The van der Waals surface area contributed by atoms with Crippen molar-refractivity contribution in [2.75, 3.05) is 7.05 Å². The molecule has 1 atom stereocenters. The number of hydrogen-bond acceptors (Lipinski definition) is 2. The molecule has 0 N–H and O–H groups in total. The SMILES string of the molecule is C[C@@H](c1ccccn1)N(C)Cc1ccc(Cl)cc1. The van der Waals surface area contributed by atoms with Crippen LogP contribution < -0.4 is 0 Å². The smallest absolute Gasteiger partial charge is 0.0572 e. The first-order valence-corrected chi connectivity index (χ1v) is 6.40. The van der Waals surface area contributed by atoms with Crippen LogP contribution in [-0.2, 0) is 6.54 Å². The van der Waals surface area contributed by atoms with E-state index in [2.05, 4.69) is 42.1 Å². The standard InChI is InChI=1S/C15H17ClN2/c1-12(15-5-3-4-10-17-15)18(2)11-13-6-8-14(16)9-7-13/h3-10,12H,11H2,1-2H3/t12-/m0/s1. The highest BCUT2D eigenvalue weighted by atomic mass is 35.5. The van der Waals surface area contributed by atoms with Gasteiger partial charge in [0.15, 0.2) is 0 Å². The van der Waals surface area contributed by atoms with Crippen LogP contribution in [0.3, 0.4) is 0 Å². The van der Waals surface area contributed by atoms with E-state index in [4.69, 9.17) is 11.6 Å². The molecule has 0 saturated heterocycles. The van der Waals surface area contributed by atoms with E-state index >= 15 is 0 Å². The van der Waals surface area contributed by atoms with Gasteiger partial charge in [0, 0.05) is 23.8 Å². The maximum absolute atomic E-state index is 5.88. The second-order valence-corrected chi connectivity index (χ2v) is 4.91. The molecule has 94 valence electrons. The summed E-state index contributed by atoms with van der Waals surface area (Å²) in [6, 6.07) is 14.3. The van der Waals surface area contributed by atoms with Crippen LogP contribution in [-0.4, -0.2) is 16.9 Å². The fourth-order valence-electron chi connectivity index (χ4n) is 1.86. The third-order valence-corrected chi connectivity index (χ3v) is 3.37. The molecule has 0 saturated carbocycles. The quantitative estimate of drug-likeness (QED) is 0.828. The van der Waals surface area contributed by atoms with E-state index in [9.17, 15) is 0 Å². The molecule has 0 amide bonds. The van der Waals surface area contributed by atoms with Gasteiger partial charge in [0.25, 0.3) is 0 Å². The number of nitrogens with zero attached hydrogens (tertiary/aromatic N) is 2. The number of benzene rings is 1. The van der Waals surface area contributed by atoms with E-state index in [-0.39, 0.29) is 0 Å². The Labute approximate surface area is 113 Å². The number of halogens is 1. The molecule has 2 aromatic rings. The fraction of sp³-hybridized carbons (Fsp3) is 0.267. The van der Waals surface area contributed by atoms with Crippen molar-refractivity contribution in [2.45, 2.75) is 19.5 Å². The van der Waals surface area contributed by atoms with Crippen LogP contribution in [0.5, 0.6) is 0 Å². The molecule has 1 heterocycles. The normalized spacial score (nSPS) is 12.7. The van der Waals surface area contributed by atoms with Crippen LogP contribution in [0.4, 0.5) is 0 Å². The van der Waals surface area contributed by atoms with Crippen LogP contribution in [0, 0.1) is 0 Å². The lowest BCUT2D eigenvalue weighted by Gasteiger charge is -2.24. The minimum absolute atomic E-state index is 0.293. The molecule has 0 unspecified atom stereocenters. The number of pyridine rings is 1. The Morgan fingerprint density at radius 1 is 1.17 bits per heavy atom. The molecule has 1 aromatic carbocycles. The van der Waals surface area contributed by atoms with Crippen LogP contribution in [0.2, 0.25) is 5.02 Å². The summed E-state index contributed by atoms with van der Waals surface area (Å²) in [7, 11) is 2.11. The molecule has 1 aromatic heterocycles. The van der Waals surface area contributed by atoms with Crippen LogP contribution in [0.15, 0.2) is 48.7 Å². The number of aromatic nitrogens is 1. The maximum Gasteiger partial charge on any atom is 0.0572 e. The highest BCUT2D eigenvalue weighted by Gasteiger charge is 2.12. The summed E-state index contributed by atoms with van der Waals surface area (Å²) in [4.78, 5) is 6.66. The molecule has 0 radical (unpaired) electrons. The van der Waals surface area contributed by atoms with Gasteiger partial charge in [-0.25, -0.2) is 0 Å². The Morgan fingerprint density at radius 3 is 2.50 bits per heavy atom. The zero-order valence-corrected chi connectivity index (χ0v) is 11.4. The maximum atomic E-state index is 5.88. The van der Waals surface area contributed by atoms with Crippen molar-refractivity contribution in [2.24, 2.45) is 0 Å². The minimum Gasteiger partial charge on any atom is -0.294 e. The van der Waals surface area contributed by atoms with Gasteiger partial charge in [-0.3, -0.25) is 9.88 Å². The van der Waals surface area contributed by atoms with Crippen LogP contribution in [0.1, 0.15) is 24.2 Å². The molecule has 3 heteroatoms. The lowest BCUT2D eigenvalue weighted by Crippen LogP contribution is -2.22. The Hall–Kier alpha value is -1.38. The molecular formula is C15H17ClN2. The Balaban J connectivity index is 2.03. The lowest BCUT2D eigenvalue weighted by molar-refractivity contribution is 0.248. The average molecular weight is 261 g/mol. The van der Waals surface area contributed by atoms with Gasteiger partial charge in [0.05, 0.1) is 5.69 Å². The summed E-state index contributed by atoms with van der Waals surface area (Å²) in [5.74, 6) is 0. The van der Waals surface area contributed by atoms with Crippen LogP contribution >= 0.6 is 11.6 Å². The molecule has 2 rings (SSSR count). The number of hydrogen-bond donors (Lipinski definition) is 0. The van der Waals surface area contributed by atoms with Gasteiger partial charge in [0.1, 0.15) is 0 Å². The van der Waals surface area contributed by atoms with E-state index in [1.807, 2.05) is 30.5 Å². The third kappa shape index (κ3) is 3.31. The van der Waals surface area contributed by atoms with Gasteiger partial charge in [-0.1, -0.05) is 29.8 Å². The van der Waals surface area contributed by atoms with Gasteiger partial charge in [0.2, 0.25) is 0 Å². The second-order valence-electron chi connectivity index (χ2n) is 4.47. The first kappa shape index (κ1) is 13.1. The Bertz CT molecular complexity index is 482. The molecule has 0 aliphatic carbocycles. The fourth-order valence-corrected chi connectivity index (χ4v) is 1.99. The van der Waals surface area contributed by atoms with Crippen molar-refractivity contribution in [1.29, 1.82) is 0 Å². The third-order valence-electron chi connectivity index (χ3n) is 3.12. The highest BCUT2D eigenvalue weighted by Crippen LogP contribution is 2.19. The molecule has 2 nitrogen and oxygen atoms in total. The summed E-state index contributed by atoms with van der Waals surface area (Å²) in [5, 5.41) is 0.777. The Kier molecular flexibility index (Phi) is 4.34. The van der Waals surface area contributed by atoms with E-state index in [0.29, 0.717) is 6.04 Å². The first-order chi connectivity index (χ1) is 8.66. The summed E-state index contributed by atoms with van der Waals surface area (Å²) in [6.07, 6.45) is 1.84. The topological polar surface area (TPSA) is 16.1 Å². The first-order valence-electron chi connectivity index (χ1n) is 6.02. The summed E-state index contributed by atoms with van der Waals surface area (Å²) in [5.41, 5.74) is 2.35. The van der Waals surface area contributed by atoms with E-state index in [1.54, 1.807) is 0 Å². The zero-order chi connectivity index (χ0) is 13.0. The average Bonchev–Trinajstić information content (AvgIpc) is 2.41. The van der Waals surface area contributed by atoms with Gasteiger partial charge in [-0.05, 0) is 43.8 Å². The minimum atomic E-state index is 0.293. The van der Waals surface area contributed by atoms with Crippen molar-refractivity contribution in [3.05, 3.63) is 64.9 Å². The zero-order valence-electron chi connectivity index (χ0n) is 10.7. The molecule has 18 heavy (non-hydrogen) atoms. The van der Waals surface area contributed by atoms with Gasteiger partial charge >= 0.3 is 0 Å². The largest absolute Gasteiger partial charge is 0.294 e. The van der Waals surface area contributed by atoms with Gasteiger partial charge < -0.3 is 0 Å². The molecular weight excluding hydrogens is 244 g/mol. The molecule has 0 aliphatic heterocycles. The molecule has 0 bridgehead atoms. The summed E-state index contributed by atoms with van der Waals surface area (Å²) >= 11 is 5.88. The molecule has 0 aliphatic rings. The van der Waals surface area contributed by atoms with Crippen molar-refractivity contribution in [3.8, 4) is 0 Å². The summed E-state index contributed by atoms with van der Waals surface area (Å²) in [6.45, 7) is 3.05.